The van der Waals surface area contributed by atoms with Gasteiger partial charge >= 0.3 is 5.97 Å². The Hall–Kier alpha value is -1.81. The summed E-state index contributed by atoms with van der Waals surface area (Å²) in [4.78, 5) is 10.6. The number of aliphatic carboxylic acids is 1. The molecule has 4 heteroatoms. The third-order valence-corrected chi connectivity index (χ3v) is 3.80. The first-order chi connectivity index (χ1) is 10.1. The maximum absolute atomic E-state index is 10.6. The van der Waals surface area contributed by atoms with Crippen LogP contribution in [0.4, 0.5) is 0 Å². The summed E-state index contributed by atoms with van der Waals surface area (Å²) in [6.45, 7) is 2.57. The first-order valence-electron chi connectivity index (χ1n) is 6.79. The van der Waals surface area contributed by atoms with Crippen LogP contribution in [0.5, 0.6) is 5.75 Å². The quantitative estimate of drug-likeness (QED) is 0.850. The molecule has 0 aromatic heterocycles. The zero-order valence-electron chi connectivity index (χ0n) is 11.8. The Bertz CT molecular complexity index is 620. The molecule has 0 aliphatic heterocycles. The summed E-state index contributed by atoms with van der Waals surface area (Å²) < 4.78 is 6.73. The summed E-state index contributed by atoms with van der Waals surface area (Å²) in [5.74, 6) is -0.0132. The van der Waals surface area contributed by atoms with Crippen molar-refractivity contribution in [3.8, 4) is 5.75 Å². The Morgan fingerprint density at radius 1 is 1.10 bits per heavy atom. The summed E-state index contributed by atoms with van der Waals surface area (Å²) in [5, 5.41) is 8.73. The fourth-order valence-electron chi connectivity index (χ4n) is 1.97. The lowest BCUT2D eigenvalue weighted by molar-refractivity contribution is -0.136. The van der Waals surface area contributed by atoms with Crippen LogP contribution in [-0.4, -0.2) is 11.1 Å². The molecule has 110 valence electrons. The smallest absolute Gasteiger partial charge is 0.307 e. The van der Waals surface area contributed by atoms with Crippen LogP contribution in [-0.2, 0) is 24.2 Å². The van der Waals surface area contributed by atoms with Gasteiger partial charge in [0.05, 0.1) is 10.9 Å². The van der Waals surface area contributed by atoms with Gasteiger partial charge in [-0.15, -0.1) is 0 Å². The van der Waals surface area contributed by atoms with Crippen molar-refractivity contribution in [2.45, 2.75) is 26.4 Å². The van der Waals surface area contributed by atoms with Crippen molar-refractivity contribution in [3.05, 3.63) is 63.6 Å². The SMILES string of the molecule is CCc1ccc(OCc2ccc(CC(=O)O)cc2)c(Br)c1. The molecule has 21 heavy (non-hydrogen) atoms. The van der Waals surface area contributed by atoms with E-state index in [4.69, 9.17) is 9.84 Å². The third kappa shape index (κ3) is 4.60. The monoisotopic (exact) mass is 348 g/mol. The maximum Gasteiger partial charge on any atom is 0.307 e. The Labute approximate surface area is 132 Å². The summed E-state index contributed by atoms with van der Waals surface area (Å²) >= 11 is 3.51. The Morgan fingerprint density at radius 3 is 2.29 bits per heavy atom. The van der Waals surface area contributed by atoms with Crippen molar-refractivity contribution in [2.24, 2.45) is 0 Å². The van der Waals surface area contributed by atoms with E-state index in [1.54, 1.807) is 0 Å². The number of halogens is 1. The molecule has 0 unspecified atom stereocenters. The summed E-state index contributed by atoms with van der Waals surface area (Å²) in [7, 11) is 0. The van der Waals surface area contributed by atoms with Crippen molar-refractivity contribution in [1.29, 1.82) is 0 Å². The molecule has 0 atom stereocenters. The number of rotatable bonds is 6. The van der Waals surface area contributed by atoms with Gasteiger partial charge in [0.25, 0.3) is 0 Å². The zero-order valence-corrected chi connectivity index (χ0v) is 13.4. The second-order valence-electron chi connectivity index (χ2n) is 4.79. The first-order valence-corrected chi connectivity index (χ1v) is 7.58. The minimum absolute atomic E-state index is 0.0468. The van der Waals surface area contributed by atoms with E-state index in [1.165, 1.54) is 5.56 Å². The van der Waals surface area contributed by atoms with E-state index in [0.717, 1.165) is 27.8 Å². The topological polar surface area (TPSA) is 46.5 Å². The highest BCUT2D eigenvalue weighted by atomic mass is 79.9. The van der Waals surface area contributed by atoms with E-state index in [0.29, 0.717) is 6.61 Å². The molecule has 2 rings (SSSR count). The lowest BCUT2D eigenvalue weighted by Gasteiger charge is -2.10. The van der Waals surface area contributed by atoms with Gasteiger partial charge in [0.1, 0.15) is 12.4 Å². The number of hydrogen-bond acceptors (Lipinski definition) is 2. The third-order valence-electron chi connectivity index (χ3n) is 3.18. The molecule has 2 aromatic rings. The van der Waals surface area contributed by atoms with Crippen molar-refractivity contribution in [1.82, 2.24) is 0 Å². The molecule has 0 fully saturated rings. The highest BCUT2D eigenvalue weighted by Gasteiger charge is 2.04. The van der Waals surface area contributed by atoms with Gasteiger partial charge in [-0.25, -0.2) is 0 Å². The van der Waals surface area contributed by atoms with E-state index < -0.39 is 5.97 Å². The molecule has 2 aromatic carbocycles. The van der Waals surface area contributed by atoms with Crippen LogP contribution in [0.2, 0.25) is 0 Å². The molecule has 0 radical (unpaired) electrons. The second kappa shape index (κ2) is 7.27. The molecular formula is C17H17BrO3. The lowest BCUT2D eigenvalue weighted by Crippen LogP contribution is -2.01. The van der Waals surface area contributed by atoms with Crippen LogP contribution >= 0.6 is 15.9 Å². The van der Waals surface area contributed by atoms with Crippen molar-refractivity contribution in [3.63, 3.8) is 0 Å². The number of aryl methyl sites for hydroxylation is 1. The van der Waals surface area contributed by atoms with Crippen LogP contribution in [0, 0.1) is 0 Å². The van der Waals surface area contributed by atoms with Crippen LogP contribution in [0.15, 0.2) is 46.9 Å². The van der Waals surface area contributed by atoms with Gasteiger partial charge in [-0.2, -0.15) is 0 Å². The van der Waals surface area contributed by atoms with Gasteiger partial charge < -0.3 is 9.84 Å². The molecule has 3 nitrogen and oxygen atoms in total. The molecule has 1 N–H and O–H groups in total. The van der Waals surface area contributed by atoms with Crippen molar-refractivity contribution < 1.29 is 14.6 Å². The van der Waals surface area contributed by atoms with Gasteiger partial charge in [-0.3, -0.25) is 4.79 Å². The highest BCUT2D eigenvalue weighted by Crippen LogP contribution is 2.27. The standard InChI is InChI=1S/C17H17BrO3/c1-2-12-7-8-16(15(18)9-12)21-11-14-5-3-13(4-6-14)10-17(19)20/h3-9H,2,10-11H2,1H3,(H,19,20). The van der Waals surface area contributed by atoms with Crippen LogP contribution in [0.3, 0.4) is 0 Å². The molecule has 0 saturated carbocycles. The van der Waals surface area contributed by atoms with E-state index >= 15 is 0 Å². The first kappa shape index (κ1) is 15.6. The fourth-order valence-corrected chi connectivity index (χ4v) is 2.51. The number of ether oxygens (including phenoxy) is 1. The average Bonchev–Trinajstić information content (AvgIpc) is 2.47. The molecule has 0 spiro atoms. The molecule has 0 aliphatic rings. The lowest BCUT2D eigenvalue weighted by atomic mass is 10.1. The van der Waals surface area contributed by atoms with Gasteiger partial charge in [-0.1, -0.05) is 37.3 Å². The minimum Gasteiger partial charge on any atom is -0.488 e. The normalized spacial score (nSPS) is 10.4. The fraction of sp³-hybridized carbons (Fsp3) is 0.235. The average molecular weight is 349 g/mol. The molecule has 0 amide bonds. The predicted octanol–water partition coefficient (Wildman–Crippen LogP) is 4.22. The highest BCUT2D eigenvalue weighted by molar-refractivity contribution is 9.10. The number of carbonyl (C=O) groups is 1. The minimum atomic E-state index is -0.820. The van der Waals surface area contributed by atoms with Gasteiger partial charge in [-0.05, 0) is 51.2 Å². The Morgan fingerprint density at radius 2 is 1.71 bits per heavy atom. The predicted molar refractivity (Wildman–Crippen MR) is 85.6 cm³/mol. The zero-order chi connectivity index (χ0) is 15.2. The van der Waals surface area contributed by atoms with Crippen LogP contribution in [0.25, 0.3) is 0 Å². The van der Waals surface area contributed by atoms with Gasteiger partial charge in [0, 0.05) is 0 Å². The van der Waals surface area contributed by atoms with Gasteiger partial charge in [0.15, 0.2) is 0 Å². The molecule has 0 aliphatic carbocycles. The van der Waals surface area contributed by atoms with Crippen molar-refractivity contribution >= 4 is 21.9 Å². The molecular weight excluding hydrogens is 332 g/mol. The second-order valence-corrected chi connectivity index (χ2v) is 5.65. The number of carboxylic acids is 1. The molecule has 0 bridgehead atoms. The van der Waals surface area contributed by atoms with E-state index in [1.807, 2.05) is 30.3 Å². The van der Waals surface area contributed by atoms with Crippen LogP contribution in [0.1, 0.15) is 23.6 Å². The van der Waals surface area contributed by atoms with E-state index in [2.05, 4.69) is 35.0 Å². The molecule has 0 heterocycles. The number of hydrogen-bond donors (Lipinski definition) is 1. The summed E-state index contributed by atoms with van der Waals surface area (Å²) in [6, 6.07) is 13.5. The largest absolute Gasteiger partial charge is 0.488 e. The van der Waals surface area contributed by atoms with E-state index in [9.17, 15) is 4.79 Å². The summed E-state index contributed by atoms with van der Waals surface area (Å²) in [6.07, 6.45) is 1.04. The number of benzene rings is 2. The summed E-state index contributed by atoms with van der Waals surface area (Å²) in [5.41, 5.74) is 3.06. The maximum atomic E-state index is 10.6. The Kier molecular flexibility index (Phi) is 5.39. The molecule has 0 saturated heterocycles. The Balaban J connectivity index is 1.98. The number of carboxylic acid groups (broad SMARTS) is 1. The van der Waals surface area contributed by atoms with Gasteiger partial charge in [0.2, 0.25) is 0 Å². The van der Waals surface area contributed by atoms with Crippen molar-refractivity contribution in [2.75, 3.05) is 0 Å². The van der Waals surface area contributed by atoms with Crippen LogP contribution < -0.4 is 4.74 Å². The van der Waals surface area contributed by atoms with E-state index in [-0.39, 0.29) is 6.42 Å².